The maximum Gasteiger partial charge on any atom is 0.0431 e. The third-order valence-electron chi connectivity index (χ3n) is 3.31. The highest BCUT2D eigenvalue weighted by molar-refractivity contribution is 4.78. The molecule has 0 amide bonds. The lowest BCUT2D eigenvalue weighted by molar-refractivity contribution is 0.179. The number of unbranched alkanes of at least 4 members (excludes halogenated alkanes) is 2. The smallest absolute Gasteiger partial charge is 0.0431 e. The van der Waals surface area contributed by atoms with Gasteiger partial charge in [0.25, 0.3) is 0 Å². The van der Waals surface area contributed by atoms with Crippen LogP contribution in [-0.4, -0.2) is 50.3 Å². The Labute approximate surface area is 101 Å². The second-order valence-electron chi connectivity index (χ2n) is 5.22. The highest BCUT2D eigenvalue weighted by Crippen LogP contribution is 2.21. The van der Waals surface area contributed by atoms with Crippen molar-refractivity contribution in [2.45, 2.75) is 39.5 Å². The van der Waals surface area contributed by atoms with Crippen molar-refractivity contribution in [1.82, 2.24) is 10.2 Å². The molecule has 3 nitrogen and oxygen atoms in total. The minimum Gasteiger partial charge on any atom is -0.396 e. The van der Waals surface area contributed by atoms with Gasteiger partial charge in [0, 0.05) is 19.7 Å². The lowest BCUT2D eigenvalue weighted by Crippen LogP contribution is -2.40. The Morgan fingerprint density at radius 2 is 1.94 bits per heavy atom. The molecule has 16 heavy (non-hydrogen) atoms. The molecule has 0 aromatic rings. The number of hydrogen-bond donors (Lipinski definition) is 2. The summed E-state index contributed by atoms with van der Waals surface area (Å²) in [6, 6.07) is 0. The van der Waals surface area contributed by atoms with Crippen molar-refractivity contribution >= 4 is 0 Å². The van der Waals surface area contributed by atoms with Crippen LogP contribution < -0.4 is 5.32 Å². The van der Waals surface area contributed by atoms with Crippen LogP contribution in [0.1, 0.15) is 39.5 Å². The molecular formula is C13H30N2O. The van der Waals surface area contributed by atoms with E-state index in [9.17, 15) is 0 Å². The highest BCUT2D eigenvalue weighted by Gasteiger charge is 2.22. The Kier molecular flexibility index (Phi) is 8.90. The predicted octanol–water partition coefficient (Wildman–Crippen LogP) is 1.72. The summed E-state index contributed by atoms with van der Waals surface area (Å²) in [5.74, 6) is 0. The molecule has 1 atom stereocenters. The first kappa shape index (κ1) is 15.9. The van der Waals surface area contributed by atoms with Crippen LogP contribution in [0.3, 0.4) is 0 Å². The van der Waals surface area contributed by atoms with Crippen molar-refractivity contribution in [3.8, 4) is 0 Å². The maximum atomic E-state index is 8.70. The fourth-order valence-corrected chi connectivity index (χ4v) is 2.12. The summed E-state index contributed by atoms with van der Waals surface area (Å²) < 4.78 is 0. The van der Waals surface area contributed by atoms with E-state index < -0.39 is 0 Å². The maximum absolute atomic E-state index is 8.70. The summed E-state index contributed by atoms with van der Waals surface area (Å²) in [6.07, 6.45) is 4.47. The summed E-state index contributed by atoms with van der Waals surface area (Å²) >= 11 is 0. The molecular weight excluding hydrogens is 200 g/mol. The van der Waals surface area contributed by atoms with Crippen molar-refractivity contribution in [3.05, 3.63) is 0 Å². The fraction of sp³-hybridized carbons (Fsp3) is 1.00. The van der Waals surface area contributed by atoms with E-state index in [4.69, 9.17) is 5.11 Å². The molecule has 0 aromatic heterocycles. The molecule has 0 heterocycles. The zero-order valence-electron chi connectivity index (χ0n) is 11.6. The molecule has 0 saturated heterocycles. The SMILES string of the molecule is CCC(C)(CNC)CN(C)CCCCCO. The third kappa shape index (κ3) is 7.20. The normalized spacial score (nSPS) is 15.4. The van der Waals surface area contributed by atoms with Gasteiger partial charge in [0.1, 0.15) is 0 Å². The number of aliphatic hydroxyl groups is 1. The predicted molar refractivity (Wildman–Crippen MR) is 70.8 cm³/mol. The van der Waals surface area contributed by atoms with Gasteiger partial charge in [0.05, 0.1) is 0 Å². The number of nitrogens with one attached hydrogen (secondary N) is 1. The standard InChI is InChI=1S/C13H30N2O/c1-5-13(2,11-14-3)12-15(4)9-7-6-8-10-16/h14,16H,5-12H2,1-4H3. The number of rotatable bonds is 10. The van der Waals surface area contributed by atoms with Crippen LogP contribution in [0.2, 0.25) is 0 Å². The van der Waals surface area contributed by atoms with Crippen LogP contribution >= 0.6 is 0 Å². The molecule has 2 N–H and O–H groups in total. The molecule has 0 radical (unpaired) electrons. The zero-order chi connectivity index (χ0) is 12.4. The molecule has 0 saturated carbocycles. The van der Waals surface area contributed by atoms with Gasteiger partial charge in [-0.2, -0.15) is 0 Å². The van der Waals surface area contributed by atoms with E-state index in [1.165, 1.54) is 12.8 Å². The van der Waals surface area contributed by atoms with Crippen molar-refractivity contribution in [1.29, 1.82) is 0 Å². The number of aliphatic hydroxyl groups excluding tert-OH is 1. The minimum absolute atomic E-state index is 0.330. The Hall–Kier alpha value is -0.120. The second-order valence-corrected chi connectivity index (χ2v) is 5.22. The van der Waals surface area contributed by atoms with Crippen LogP contribution in [0, 0.1) is 5.41 Å². The van der Waals surface area contributed by atoms with E-state index in [0.717, 1.165) is 32.5 Å². The molecule has 0 fully saturated rings. The largest absolute Gasteiger partial charge is 0.396 e. The molecule has 0 spiro atoms. The zero-order valence-corrected chi connectivity index (χ0v) is 11.6. The molecule has 98 valence electrons. The van der Waals surface area contributed by atoms with Gasteiger partial charge in [0.15, 0.2) is 0 Å². The molecule has 1 unspecified atom stereocenters. The third-order valence-corrected chi connectivity index (χ3v) is 3.31. The molecule has 3 heteroatoms. The summed E-state index contributed by atoms with van der Waals surface area (Å²) in [5, 5.41) is 12.0. The van der Waals surface area contributed by atoms with Crippen LogP contribution in [0.4, 0.5) is 0 Å². The fourth-order valence-electron chi connectivity index (χ4n) is 2.12. The Bertz CT molecular complexity index is 164. The molecule has 0 aromatic carbocycles. The summed E-state index contributed by atoms with van der Waals surface area (Å²) in [7, 11) is 4.22. The van der Waals surface area contributed by atoms with Gasteiger partial charge in [-0.1, -0.05) is 13.8 Å². The van der Waals surface area contributed by atoms with E-state index in [-0.39, 0.29) is 0 Å². The van der Waals surface area contributed by atoms with Gasteiger partial charge >= 0.3 is 0 Å². The summed E-state index contributed by atoms with van der Waals surface area (Å²) in [4.78, 5) is 2.41. The Balaban J connectivity index is 3.77. The first-order valence-corrected chi connectivity index (χ1v) is 6.52. The average Bonchev–Trinajstić information content (AvgIpc) is 2.25. The van der Waals surface area contributed by atoms with Crippen LogP contribution in [0.25, 0.3) is 0 Å². The van der Waals surface area contributed by atoms with E-state index >= 15 is 0 Å². The minimum atomic E-state index is 0.330. The highest BCUT2D eigenvalue weighted by atomic mass is 16.2. The van der Waals surface area contributed by atoms with Gasteiger partial charge in [-0.15, -0.1) is 0 Å². The average molecular weight is 230 g/mol. The monoisotopic (exact) mass is 230 g/mol. The quantitative estimate of drug-likeness (QED) is 0.561. The van der Waals surface area contributed by atoms with Gasteiger partial charge in [-0.05, 0) is 51.7 Å². The van der Waals surface area contributed by atoms with E-state index in [0.29, 0.717) is 12.0 Å². The number of nitrogens with zero attached hydrogens (tertiary/aromatic N) is 1. The van der Waals surface area contributed by atoms with Gasteiger partial charge in [-0.3, -0.25) is 0 Å². The van der Waals surface area contributed by atoms with Gasteiger partial charge in [0.2, 0.25) is 0 Å². The Morgan fingerprint density at radius 1 is 1.25 bits per heavy atom. The first-order valence-electron chi connectivity index (χ1n) is 6.52. The van der Waals surface area contributed by atoms with Crippen molar-refractivity contribution in [3.63, 3.8) is 0 Å². The Morgan fingerprint density at radius 3 is 2.44 bits per heavy atom. The summed E-state index contributed by atoms with van der Waals surface area (Å²) in [6.45, 7) is 8.29. The number of hydrogen-bond acceptors (Lipinski definition) is 3. The van der Waals surface area contributed by atoms with Crippen molar-refractivity contribution in [2.24, 2.45) is 5.41 Å². The summed E-state index contributed by atoms with van der Waals surface area (Å²) in [5.41, 5.74) is 0.375. The van der Waals surface area contributed by atoms with Crippen molar-refractivity contribution < 1.29 is 5.11 Å². The lowest BCUT2D eigenvalue weighted by Gasteiger charge is -2.33. The van der Waals surface area contributed by atoms with E-state index in [2.05, 4.69) is 31.1 Å². The molecule has 0 aliphatic rings. The second kappa shape index (κ2) is 8.97. The molecule has 0 rings (SSSR count). The lowest BCUT2D eigenvalue weighted by atomic mass is 9.87. The van der Waals surface area contributed by atoms with Gasteiger partial charge in [-0.25, -0.2) is 0 Å². The van der Waals surface area contributed by atoms with Crippen LogP contribution in [0.15, 0.2) is 0 Å². The van der Waals surface area contributed by atoms with Crippen LogP contribution in [0.5, 0.6) is 0 Å². The van der Waals surface area contributed by atoms with E-state index in [1.54, 1.807) is 0 Å². The topological polar surface area (TPSA) is 35.5 Å². The molecule has 0 aliphatic carbocycles. The van der Waals surface area contributed by atoms with Gasteiger partial charge < -0.3 is 15.3 Å². The van der Waals surface area contributed by atoms with Crippen molar-refractivity contribution in [2.75, 3.05) is 40.3 Å². The van der Waals surface area contributed by atoms with E-state index in [1.807, 2.05) is 7.05 Å². The first-order chi connectivity index (χ1) is 7.58. The van der Waals surface area contributed by atoms with Crippen LogP contribution in [-0.2, 0) is 0 Å². The molecule has 0 bridgehead atoms. The molecule has 0 aliphatic heterocycles.